The van der Waals surface area contributed by atoms with Crippen LogP contribution in [0.3, 0.4) is 0 Å². The Hall–Kier alpha value is -1.56. The van der Waals surface area contributed by atoms with Crippen LogP contribution in [0.5, 0.6) is 0 Å². The molecule has 0 aliphatic heterocycles. The smallest absolute Gasteiger partial charge is 0.195 e. The fraction of sp³-hybridized carbons (Fsp3) is 0.385. The molecule has 0 spiro atoms. The van der Waals surface area contributed by atoms with Crippen molar-refractivity contribution in [2.45, 2.75) is 27.3 Å². The van der Waals surface area contributed by atoms with Crippen molar-refractivity contribution in [3.05, 3.63) is 34.1 Å². The third-order valence-electron chi connectivity index (χ3n) is 2.81. The van der Waals surface area contributed by atoms with Crippen molar-refractivity contribution in [1.29, 1.82) is 0 Å². The number of aromatic nitrogens is 3. The Morgan fingerprint density at radius 3 is 2.68 bits per heavy atom. The van der Waals surface area contributed by atoms with Crippen LogP contribution in [0.4, 0.5) is 8.78 Å². The van der Waals surface area contributed by atoms with E-state index in [0.29, 0.717) is 22.8 Å². The molecule has 2 rings (SSSR count). The maximum Gasteiger partial charge on any atom is 0.195 e. The third kappa shape index (κ3) is 2.58. The van der Waals surface area contributed by atoms with E-state index in [9.17, 15) is 8.78 Å². The molecule has 0 aliphatic rings. The number of hydrogen-bond donors (Lipinski definition) is 1. The van der Waals surface area contributed by atoms with Gasteiger partial charge in [0.2, 0.25) is 0 Å². The highest BCUT2D eigenvalue weighted by Crippen LogP contribution is 2.27. The largest absolute Gasteiger partial charge is 0.300 e. The van der Waals surface area contributed by atoms with E-state index in [1.54, 1.807) is 11.5 Å². The van der Waals surface area contributed by atoms with Crippen LogP contribution in [0.25, 0.3) is 11.4 Å². The summed E-state index contributed by atoms with van der Waals surface area (Å²) in [4.78, 5) is 0. The van der Waals surface area contributed by atoms with Gasteiger partial charge in [0, 0.05) is 6.54 Å². The molecule has 1 heterocycles. The predicted molar refractivity (Wildman–Crippen MR) is 72.3 cm³/mol. The number of nitrogens with zero attached hydrogens (tertiary/aromatic N) is 2. The number of hydrogen-bond acceptors (Lipinski definition) is 2. The lowest BCUT2D eigenvalue weighted by Gasteiger charge is -2.11. The van der Waals surface area contributed by atoms with Gasteiger partial charge in [-0.25, -0.2) is 8.78 Å². The standard InChI is InChI=1S/C13H15F2N3S/c1-7(2)6-18-12(16-17-13(18)19)10-9(14)5-4-8(3)11(10)15/h4-5,7H,6H2,1-3H3,(H,17,19). The second-order valence-electron chi connectivity index (χ2n) is 4.91. The van der Waals surface area contributed by atoms with Crippen LogP contribution in [0.15, 0.2) is 12.1 Å². The van der Waals surface area contributed by atoms with Gasteiger partial charge in [-0.05, 0) is 36.7 Å². The summed E-state index contributed by atoms with van der Waals surface area (Å²) in [5.74, 6) is -0.738. The molecule has 2 aromatic rings. The SMILES string of the molecule is Cc1ccc(F)c(-c2n[nH]c(=S)n2CC(C)C)c1F. The highest BCUT2D eigenvalue weighted by atomic mass is 32.1. The van der Waals surface area contributed by atoms with E-state index >= 15 is 0 Å². The van der Waals surface area contributed by atoms with Crippen LogP contribution < -0.4 is 0 Å². The lowest BCUT2D eigenvalue weighted by molar-refractivity contribution is 0.516. The zero-order chi connectivity index (χ0) is 14.2. The predicted octanol–water partition coefficient (Wildman–Crippen LogP) is 3.85. The summed E-state index contributed by atoms with van der Waals surface area (Å²) in [6.07, 6.45) is 0. The summed E-state index contributed by atoms with van der Waals surface area (Å²) in [5, 5.41) is 6.57. The van der Waals surface area contributed by atoms with Crippen molar-refractivity contribution < 1.29 is 8.78 Å². The fourth-order valence-electron chi connectivity index (χ4n) is 1.90. The Bertz CT molecular complexity index is 658. The normalized spacial score (nSPS) is 11.3. The molecule has 1 N–H and O–H groups in total. The minimum Gasteiger partial charge on any atom is -0.300 e. The first-order valence-electron chi connectivity index (χ1n) is 6.02. The number of halogens is 2. The Morgan fingerprint density at radius 2 is 2.05 bits per heavy atom. The van der Waals surface area contributed by atoms with Gasteiger partial charge >= 0.3 is 0 Å². The Kier molecular flexibility index (Phi) is 3.80. The first-order valence-corrected chi connectivity index (χ1v) is 6.42. The molecule has 6 heteroatoms. The lowest BCUT2D eigenvalue weighted by Crippen LogP contribution is -2.08. The fourth-order valence-corrected chi connectivity index (χ4v) is 2.11. The van der Waals surface area contributed by atoms with Gasteiger partial charge in [0.25, 0.3) is 0 Å². The molecular formula is C13H15F2N3S. The van der Waals surface area contributed by atoms with Crippen molar-refractivity contribution in [2.75, 3.05) is 0 Å². The van der Waals surface area contributed by atoms with E-state index in [2.05, 4.69) is 10.2 Å². The highest BCUT2D eigenvalue weighted by Gasteiger charge is 2.19. The van der Waals surface area contributed by atoms with E-state index < -0.39 is 11.6 Å². The average Bonchev–Trinajstić information content (AvgIpc) is 2.67. The lowest BCUT2D eigenvalue weighted by atomic mass is 10.1. The first-order chi connectivity index (χ1) is 8.91. The molecule has 0 unspecified atom stereocenters. The monoisotopic (exact) mass is 283 g/mol. The molecule has 0 saturated heterocycles. The maximum atomic E-state index is 14.1. The topological polar surface area (TPSA) is 33.6 Å². The molecule has 0 saturated carbocycles. The molecular weight excluding hydrogens is 268 g/mol. The minimum absolute atomic E-state index is 0.131. The zero-order valence-corrected chi connectivity index (χ0v) is 11.8. The van der Waals surface area contributed by atoms with Gasteiger partial charge in [0.05, 0.1) is 5.56 Å². The molecule has 0 radical (unpaired) electrons. The van der Waals surface area contributed by atoms with Crippen molar-refractivity contribution in [3.8, 4) is 11.4 Å². The summed E-state index contributed by atoms with van der Waals surface area (Å²) in [6.45, 7) is 6.15. The molecule has 0 bridgehead atoms. The number of aryl methyl sites for hydroxylation is 1. The number of benzene rings is 1. The summed E-state index contributed by atoms with van der Waals surface area (Å²) >= 11 is 5.11. The van der Waals surface area contributed by atoms with Crippen molar-refractivity contribution >= 4 is 12.2 Å². The van der Waals surface area contributed by atoms with Gasteiger partial charge in [-0.15, -0.1) is 0 Å². The summed E-state index contributed by atoms with van der Waals surface area (Å²) in [6, 6.07) is 2.65. The van der Waals surface area contributed by atoms with Crippen molar-refractivity contribution in [2.24, 2.45) is 5.92 Å². The average molecular weight is 283 g/mol. The summed E-state index contributed by atoms with van der Waals surface area (Å²) in [7, 11) is 0. The number of nitrogens with one attached hydrogen (secondary N) is 1. The Labute approximate surface area is 115 Å². The van der Waals surface area contributed by atoms with E-state index in [4.69, 9.17) is 12.2 Å². The second kappa shape index (κ2) is 5.21. The van der Waals surface area contributed by atoms with Gasteiger partial charge in [-0.2, -0.15) is 5.10 Å². The Balaban J connectivity index is 2.66. The number of H-pyrrole nitrogens is 1. The molecule has 102 valence electrons. The van der Waals surface area contributed by atoms with Gasteiger partial charge < -0.3 is 0 Å². The zero-order valence-electron chi connectivity index (χ0n) is 11.0. The molecule has 0 fully saturated rings. The van der Waals surface area contributed by atoms with Gasteiger partial charge in [-0.1, -0.05) is 19.9 Å². The molecule has 0 amide bonds. The summed E-state index contributed by atoms with van der Waals surface area (Å²) in [5.41, 5.74) is 0.245. The van der Waals surface area contributed by atoms with Crippen LogP contribution in [0.2, 0.25) is 0 Å². The highest BCUT2D eigenvalue weighted by molar-refractivity contribution is 7.71. The van der Waals surface area contributed by atoms with E-state index in [1.165, 1.54) is 12.1 Å². The van der Waals surface area contributed by atoms with Gasteiger partial charge in [-0.3, -0.25) is 9.67 Å². The van der Waals surface area contributed by atoms with Crippen LogP contribution in [0.1, 0.15) is 19.4 Å². The van der Waals surface area contributed by atoms with Crippen LogP contribution in [0, 0.1) is 29.2 Å². The third-order valence-corrected chi connectivity index (χ3v) is 3.13. The molecule has 0 aliphatic carbocycles. The van der Waals surface area contributed by atoms with Crippen molar-refractivity contribution in [1.82, 2.24) is 14.8 Å². The van der Waals surface area contributed by atoms with Crippen LogP contribution in [-0.2, 0) is 6.54 Å². The molecule has 1 aromatic carbocycles. The molecule has 19 heavy (non-hydrogen) atoms. The van der Waals surface area contributed by atoms with E-state index in [0.717, 1.165) is 0 Å². The minimum atomic E-state index is -0.637. The molecule has 0 atom stereocenters. The van der Waals surface area contributed by atoms with E-state index in [-0.39, 0.29) is 11.4 Å². The first kappa shape index (κ1) is 13.9. The number of aromatic amines is 1. The number of rotatable bonds is 3. The Morgan fingerprint density at radius 1 is 1.37 bits per heavy atom. The van der Waals surface area contributed by atoms with E-state index in [1.807, 2.05) is 13.8 Å². The van der Waals surface area contributed by atoms with Crippen molar-refractivity contribution in [3.63, 3.8) is 0 Å². The van der Waals surface area contributed by atoms with Gasteiger partial charge in [0.15, 0.2) is 10.6 Å². The molecule has 3 nitrogen and oxygen atoms in total. The summed E-state index contributed by atoms with van der Waals surface area (Å²) < 4.78 is 30.0. The van der Waals surface area contributed by atoms with Gasteiger partial charge in [0.1, 0.15) is 11.6 Å². The quantitative estimate of drug-likeness (QED) is 0.868. The maximum absolute atomic E-state index is 14.1. The second-order valence-corrected chi connectivity index (χ2v) is 5.30. The van der Waals surface area contributed by atoms with Crippen LogP contribution in [-0.4, -0.2) is 14.8 Å². The molecule has 1 aromatic heterocycles. The van der Waals surface area contributed by atoms with Crippen LogP contribution >= 0.6 is 12.2 Å².